The summed E-state index contributed by atoms with van der Waals surface area (Å²) in [6, 6.07) is 0. The molecule has 0 radical (unpaired) electrons. The first-order chi connectivity index (χ1) is 20.6. The normalized spacial score (nSPS) is 23.1. The van der Waals surface area contributed by atoms with E-state index < -0.39 is 5.60 Å². The van der Waals surface area contributed by atoms with Crippen molar-refractivity contribution in [3.63, 3.8) is 0 Å². The van der Waals surface area contributed by atoms with Gasteiger partial charge in [0.1, 0.15) is 11.8 Å². The molecule has 0 bridgehead atoms. The van der Waals surface area contributed by atoms with E-state index >= 15 is 0 Å². The van der Waals surface area contributed by atoms with Crippen LogP contribution in [0.25, 0.3) is 0 Å². The van der Waals surface area contributed by atoms with Crippen LogP contribution in [0.1, 0.15) is 115 Å². The Kier molecular flexibility index (Phi) is 11.1. The number of ether oxygens (including phenoxy) is 4. The SMILES string of the molecule is CN(CCN(C)C(=O)OC(C)(C)C)Cc1cn(C2CCCCO2)nc1C1CCC(COCC2CC2)(COCC2CC2)CC1. The number of hydrogen-bond acceptors (Lipinski definition) is 7. The van der Waals surface area contributed by atoms with E-state index in [2.05, 4.69) is 22.8 Å². The van der Waals surface area contributed by atoms with Crippen molar-refractivity contribution in [3.8, 4) is 0 Å². The fourth-order valence-corrected chi connectivity index (χ4v) is 6.40. The zero-order valence-corrected chi connectivity index (χ0v) is 27.7. The standard InChI is InChI=1S/C34H58N4O5/c1-33(2,3)43-32(39)37(5)18-17-36(4)20-29-21-38(30-8-6-7-19-42-30)35-31(29)28-13-15-34(16-14-28,24-40-22-26-9-10-26)25-41-23-27-11-12-27/h21,26-28,30H,6-20,22-25H2,1-5H3. The second-order valence-corrected chi connectivity index (χ2v) is 15.2. The molecule has 2 heterocycles. The Morgan fingerprint density at radius 3 is 2.19 bits per heavy atom. The van der Waals surface area contributed by atoms with Gasteiger partial charge in [-0.2, -0.15) is 5.10 Å². The summed E-state index contributed by atoms with van der Waals surface area (Å²) in [7, 11) is 3.93. The highest BCUT2D eigenvalue weighted by Gasteiger charge is 2.39. The molecule has 43 heavy (non-hydrogen) atoms. The quantitative estimate of drug-likeness (QED) is 0.231. The number of nitrogens with zero attached hydrogens (tertiary/aromatic N) is 4. The predicted octanol–water partition coefficient (Wildman–Crippen LogP) is 6.38. The third-order valence-electron chi connectivity index (χ3n) is 9.60. The fraction of sp³-hybridized carbons (Fsp3) is 0.882. The lowest BCUT2D eigenvalue weighted by molar-refractivity contribution is -0.0495. The molecule has 1 unspecified atom stereocenters. The molecule has 0 aromatic carbocycles. The average Bonchev–Trinajstić information content (AvgIpc) is 3.91. The van der Waals surface area contributed by atoms with Gasteiger partial charge >= 0.3 is 6.09 Å². The summed E-state index contributed by atoms with van der Waals surface area (Å²) >= 11 is 0. The molecule has 1 atom stereocenters. The molecular formula is C34H58N4O5. The second-order valence-electron chi connectivity index (χ2n) is 15.2. The van der Waals surface area contributed by atoms with Crippen molar-refractivity contribution in [3.05, 3.63) is 17.5 Å². The van der Waals surface area contributed by atoms with Gasteiger partial charge in [-0.1, -0.05) is 0 Å². The monoisotopic (exact) mass is 602 g/mol. The summed E-state index contributed by atoms with van der Waals surface area (Å²) in [6.07, 6.45) is 15.1. The highest BCUT2D eigenvalue weighted by molar-refractivity contribution is 5.67. The van der Waals surface area contributed by atoms with Crippen LogP contribution in [0.3, 0.4) is 0 Å². The lowest BCUT2D eigenvalue weighted by Crippen LogP contribution is -2.38. The maximum Gasteiger partial charge on any atom is 0.410 e. The number of carbonyl (C=O) groups excluding carboxylic acids is 1. The second kappa shape index (κ2) is 14.6. The van der Waals surface area contributed by atoms with Crippen LogP contribution in [0, 0.1) is 17.3 Å². The third kappa shape index (κ3) is 10.2. The van der Waals surface area contributed by atoms with Crippen LogP contribution in [-0.4, -0.2) is 91.5 Å². The van der Waals surface area contributed by atoms with E-state index in [1.54, 1.807) is 4.90 Å². The molecule has 4 aliphatic rings. The summed E-state index contributed by atoms with van der Waals surface area (Å²) in [5, 5.41) is 5.23. The molecule has 5 rings (SSSR count). The molecule has 1 aromatic rings. The first-order valence-electron chi connectivity index (χ1n) is 17.1. The summed E-state index contributed by atoms with van der Waals surface area (Å²) in [6.45, 7) is 12.1. The Morgan fingerprint density at radius 2 is 1.63 bits per heavy atom. The summed E-state index contributed by atoms with van der Waals surface area (Å²) in [5.74, 6) is 2.00. The number of amides is 1. The lowest BCUT2D eigenvalue weighted by Gasteiger charge is -2.40. The van der Waals surface area contributed by atoms with E-state index in [4.69, 9.17) is 24.0 Å². The minimum atomic E-state index is -0.494. The van der Waals surface area contributed by atoms with Gasteiger partial charge < -0.3 is 28.7 Å². The molecular weight excluding hydrogens is 544 g/mol. The van der Waals surface area contributed by atoms with Crippen molar-refractivity contribution in [1.29, 1.82) is 0 Å². The summed E-state index contributed by atoms with van der Waals surface area (Å²) < 4.78 is 26.4. The molecule has 1 aromatic heterocycles. The van der Waals surface area contributed by atoms with Gasteiger partial charge in [-0.05, 0) is 110 Å². The molecule has 1 amide bonds. The van der Waals surface area contributed by atoms with E-state index in [-0.39, 0.29) is 17.7 Å². The number of likely N-dealkylation sites (N-methyl/N-ethyl adjacent to an activating group) is 2. The van der Waals surface area contributed by atoms with Crippen LogP contribution >= 0.6 is 0 Å². The van der Waals surface area contributed by atoms with E-state index in [9.17, 15) is 4.79 Å². The first kappa shape index (κ1) is 32.7. The largest absolute Gasteiger partial charge is 0.444 e. The van der Waals surface area contributed by atoms with E-state index in [1.165, 1.54) is 43.4 Å². The van der Waals surface area contributed by atoms with Crippen molar-refractivity contribution in [2.75, 3.05) is 60.2 Å². The fourth-order valence-electron chi connectivity index (χ4n) is 6.40. The van der Waals surface area contributed by atoms with Gasteiger partial charge in [-0.15, -0.1) is 0 Å². The minimum absolute atomic E-state index is 0.0270. The topological polar surface area (TPSA) is 78.3 Å². The highest BCUT2D eigenvalue weighted by atomic mass is 16.6. The van der Waals surface area contributed by atoms with Gasteiger partial charge in [0.05, 0.1) is 18.9 Å². The van der Waals surface area contributed by atoms with Gasteiger partial charge in [0, 0.05) is 69.6 Å². The van der Waals surface area contributed by atoms with E-state index in [1.807, 2.05) is 27.8 Å². The Bertz CT molecular complexity index is 996. The molecule has 9 heteroatoms. The highest BCUT2D eigenvalue weighted by Crippen LogP contribution is 2.45. The Balaban J connectivity index is 1.22. The summed E-state index contributed by atoms with van der Waals surface area (Å²) in [5.41, 5.74) is 2.14. The van der Waals surface area contributed by atoms with Gasteiger partial charge in [-0.25, -0.2) is 9.48 Å². The molecule has 3 aliphatic carbocycles. The number of aromatic nitrogens is 2. The van der Waals surface area contributed by atoms with Crippen LogP contribution in [0.4, 0.5) is 4.79 Å². The first-order valence-corrected chi connectivity index (χ1v) is 17.1. The number of hydrogen-bond donors (Lipinski definition) is 0. The molecule has 244 valence electrons. The Hall–Kier alpha value is -1.68. The molecule has 0 spiro atoms. The molecule has 1 saturated heterocycles. The smallest absolute Gasteiger partial charge is 0.410 e. The van der Waals surface area contributed by atoms with Crippen LogP contribution in [-0.2, 0) is 25.5 Å². The van der Waals surface area contributed by atoms with E-state index in [0.29, 0.717) is 12.5 Å². The van der Waals surface area contributed by atoms with Crippen molar-refractivity contribution >= 4 is 6.09 Å². The molecule has 3 saturated carbocycles. The van der Waals surface area contributed by atoms with Gasteiger partial charge in [0.15, 0.2) is 0 Å². The van der Waals surface area contributed by atoms with Crippen molar-refractivity contribution in [2.45, 2.75) is 116 Å². The number of carbonyl (C=O) groups is 1. The van der Waals surface area contributed by atoms with Crippen molar-refractivity contribution in [1.82, 2.24) is 19.6 Å². The number of rotatable bonds is 15. The zero-order chi connectivity index (χ0) is 30.5. The molecule has 9 nitrogen and oxygen atoms in total. The average molecular weight is 603 g/mol. The predicted molar refractivity (Wildman–Crippen MR) is 167 cm³/mol. The minimum Gasteiger partial charge on any atom is -0.444 e. The van der Waals surface area contributed by atoms with Crippen molar-refractivity contribution < 1.29 is 23.7 Å². The van der Waals surface area contributed by atoms with Gasteiger partial charge in [-0.3, -0.25) is 0 Å². The van der Waals surface area contributed by atoms with Crippen LogP contribution in [0.5, 0.6) is 0 Å². The van der Waals surface area contributed by atoms with Crippen molar-refractivity contribution in [2.24, 2.45) is 17.3 Å². The van der Waals surface area contributed by atoms with Crippen LogP contribution in [0.2, 0.25) is 0 Å². The third-order valence-corrected chi connectivity index (χ3v) is 9.60. The Morgan fingerprint density at radius 1 is 0.977 bits per heavy atom. The maximum absolute atomic E-state index is 12.5. The van der Waals surface area contributed by atoms with Crippen LogP contribution < -0.4 is 0 Å². The zero-order valence-electron chi connectivity index (χ0n) is 27.7. The molecule has 0 N–H and O–H groups in total. The molecule has 4 fully saturated rings. The van der Waals surface area contributed by atoms with Gasteiger partial charge in [0.2, 0.25) is 0 Å². The Labute approximate surface area is 259 Å². The lowest BCUT2D eigenvalue weighted by atomic mass is 9.70. The summed E-state index contributed by atoms with van der Waals surface area (Å²) in [4.78, 5) is 16.4. The van der Waals surface area contributed by atoms with Gasteiger partial charge in [0.25, 0.3) is 0 Å². The maximum atomic E-state index is 12.5. The van der Waals surface area contributed by atoms with Crippen LogP contribution in [0.15, 0.2) is 6.20 Å². The van der Waals surface area contributed by atoms with E-state index in [0.717, 1.165) is 96.5 Å². The molecule has 1 aliphatic heterocycles.